The summed E-state index contributed by atoms with van der Waals surface area (Å²) < 4.78 is 10.6. The van der Waals surface area contributed by atoms with E-state index in [-0.39, 0.29) is 0 Å². The van der Waals surface area contributed by atoms with Crippen molar-refractivity contribution < 1.29 is 8.92 Å². The Labute approximate surface area is 94.0 Å². The third-order valence-electron chi connectivity index (χ3n) is 1.54. The van der Waals surface area contributed by atoms with Gasteiger partial charge in [0.25, 0.3) is 0 Å². The molecule has 1 rings (SSSR count). The smallest absolute Gasteiger partial charge is 0.138 e. The maximum Gasteiger partial charge on any atom is 0.138 e. The largest absolute Gasteiger partial charge is 0.493 e. The van der Waals surface area contributed by atoms with Gasteiger partial charge < -0.3 is 8.92 Å². The van der Waals surface area contributed by atoms with Gasteiger partial charge in [0.15, 0.2) is 0 Å². The van der Waals surface area contributed by atoms with Gasteiger partial charge in [-0.25, -0.2) is 0 Å². The Hall–Kier alpha value is -0.480. The van der Waals surface area contributed by atoms with E-state index in [1.54, 1.807) is 0 Å². The minimum Gasteiger partial charge on any atom is -0.493 e. The molecule has 0 unspecified atom stereocenters. The van der Waals surface area contributed by atoms with Crippen LogP contribution in [0.2, 0.25) is 0 Å². The van der Waals surface area contributed by atoms with Crippen molar-refractivity contribution in [2.75, 3.05) is 6.61 Å². The predicted octanol–water partition coefficient (Wildman–Crippen LogP) is 3.59. The van der Waals surface area contributed by atoms with Crippen LogP contribution in [0.25, 0.3) is 0 Å². The van der Waals surface area contributed by atoms with E-state index in [2.05, 4.69) is 25.5 Å². The highest BCUT2D eigenvalue weighted by atomic mass is 33.1. The summed E-state index contributed by atoms with van der Waals surface area (Å²) in [4.78, 5) is 0. The van der Waals surface area contributed by atoms with E-state index in [1.165, 1.54) is 0 Å². The van der Waals surface area contributed by atoms with Gasteiger partial charge in [0.05, 0.1) is 6.61 Å². The van der Waals surface area contributed by atoms with Crippen molar-refractivity contribution in [1.82, 2.24) is 0 Å². The molecule has 0 aliphatic rings. The zero-order chi connectivity index (χ0) is 10.4. The van der Waals surface area contributed by atoms with Crippen molar-refractivity contribution in [3.63, 3.8) is 0 Å². The zero-order valence-electron chi connectivity index (χ0n) is 8.27. The van der Waals surface area contributed by atoms with Gasteiger partial charge >= 0.3 is 0 Å². The van der Waals surface area contributed by atoms with Gasteiger partial charge in [0, 0.05) is 0 Å². The number of hydrogen-bond donors (Lipinski definition) is 1. The highest BCUT2D eigenvalue weighted by Gasteiger charge is 1.98. The van der Waals surface area contributed by atoms with Crippen molar-refractivity contribution in [1.29, 1.82) is 0 Å². The molecule has 0 bridgehead atoms. The third-order valence-corrected chi connectivity index (χ3v) is 2.03. The highest BCUT2D eigenvalue weighted by Crippen LogP contribution is 2.22. The van der Waals surface area contributed by atoms with E-state index in [0.29, 0.717) is 5.92 Å². The molecule has 0 radical (unpaired) electrons. The number of ether oxygens (including phenoxy) is 1. The minimum absolute atomic E-state index is 0.541. The first-order valence-electron chi connectivity index (χ1n) is 4.43. The number of benzene rings is 1. The van der Waals surface area contributed by atoms with E-state index in [4.69, 9.17) is 8.92 Å². The molecule has 0 spiro atoms. The van der Waals surface area contributed by atoms with Gasteiger partial charge in [-0.05, 0) is 30.2 Å². The second kappa shape index (κ2) is 6.09. The second-order valence-electron chi connectivity index (χ2n) is 3.33. The van der Waals surface area contributed by atoms with Crippen LogP contribution in [0.5, 0.6) is 11.5 Å². The van der Waals surface area contributed by atoms with Crippen molar-refractivity contribution in [3.05, 3.63) is 24.3 Å². The maximum absolute atomic E-state index is 5.52. The Bertz CT molecular complexity index is 259. The van der Waals surface area contributed by atoms with Crippen LogP contribution in [-0.4, -0.2) is 6.61 Å². The molecule has 1 aromatic carbocycles. The van der Waals surface area contributed by atoms with Crippen LogP contribution in [0, 0.1) is 5.92 Å². The number of hydrogen-bond acceptors (Lipinski definition) is 4. The molecule has 0 saturated heterocycles. The Morgan fingerprint density at radius 3 is 2.29 bits per heavy atom. The highest BCUT2D eigenvalue weighted by molar-refractivity contribution is 8.66. The predicted molar refractivity (Wildman–Crippen MR) is 64.0 cm³/mol. The molecule has 0 heterocycles. The van der Waals surface area contributed by atoms with Crippen LogP contribution >= 0.6 is 22.7 Å². The van der Waals surface area contributed by atoms with Crippen molar-refractivity contribution in [2.24, 2.45) is 5.92 Å². The fraction of sp³-hybridized carbons (Fsp3) is 0.400. The standard InChI is InChI=1S/C10H14O2S2/c1-8(2)7-11-9-3-5-10(6-4-9)12-14-13/h3-6,8,13H,7H2,1-2H3. The molecule has 0 amide bonds. The summed E-state index contributed by atoms with van der Waals surface area (Å²) in [5.74, 6) is 2.19. The molecular weight excluding hydrogens is 216 g/mol. The number of thiol groups is 1. The first kappa shape index (κ1) is 11.6. The topological polar surface area (TPSA) is 18.5 Å². The molecule has 78 valence electrons. The molecule has 0 saturated carbocycles. The van der Waals surface area contributed by atoms with Gasteiger partial charge in [-0.1, -0.05) is 25.5 Å². The van der Waals surface area contributed by atoms with E-state index in [9.17, 15) is 0 Å². The summed E-state index contributed by atoms with van der Waals surface area (Å²) in [6.45, 7) is 4.98. The molecule has 0 aromatic heterocycles. The normalized spacial score (nSPS) is 10.3. The summed E-state index contributed by atoms with van der Waals surface area (Å²) in [5.41, 5.74) is 0. The van der Waals surface area contributed by atoms with Crippen LogP contribution in [0.4, 0.5) is 0 Å². The third kappa shape index (κ3) is 4.15. The Balaban J connectivity index is 2.46. The summed E-state index contributed by atoms with van der Waals surface area (Å²) in [6, 6.07) is 7.50. The summed E-state index contributed by atoms with van der Waals surface area (Å²) in [7, 11) is 0. The molecule has 4 heteroatoms. The van der Waals surface area contributed by atoms with Crippen LogP contribution in [0.3, 0.4) is 0 Å². The van der Waals surface area contributed by atoms with Crippen LogP contribution in [-0.2, 0) is 0 Å². The monoisotopic (exact) mass is 230 g/mol. The number of rotatable bonds is 5. The summed E-state index contributed by atoms with van der Waals surface area (Å²) in [6.07, 6.45) is 0. The van der Waals surface area contributed by atoms with Crippen LogP contribution in [0.15, 0.2) is 24.3 Å². The lowest BCUT2D eigenvalue weighted by molar-refractivity contribution is 0.271. The van der Waals surface area contributed by atoms with E-state index < -0.39 is 0 Å². The van der Waals surface area contributed by atoms with E-state index >= 15 is 0 Å². The minimum atomic E-state index is 0.541. The van der Waals surface area contributed by atoms with Gasteiger partial charge in [0.1, 0.15) is 22.6 Å². The van der Waals surface area contributed by atoms with Crippen LogP contribution < -0.4 is 8.92 Å². The Morgan fingerprint density at radius 2 is 1.79 bits per heavy atom. The quantitative estimate of drug-likeness (QED) is 0.474. The van der Waals surface area contributed by atoms with Crippen molar-refractivity contribution >= 4 is 22.7 Å². The SMILES string of the molecule is CC(C)COc1ccc(OSS)cc1. The Kier molecular flexibility index (Phi) is 5.04. The molecule has 1 aromatic rings. The van der Waals surface area contributed by atoms with Gasteiger partial charge in [0.2, 0.25) is 0 Å². The summed E-state index contributed by atoms with van der Waals surface area (Å²) in [5, 5.41) is 0. The molecule has 0 fully saturated rings. The zero-order valence-corrected chi connectivity index (χ0v) is 9.98. The van der Waals surface area contributed by atoms with Gasteiger partial charge in [-0.2, -0.15) is 0 Å². The molecule has 14 heavy (non-hydrogen) atoms. The first-order valence-corrected chi connectivity index (χ1v) is 6.22. The molecule has 2 nitrogen and oxygen atoms in total. The molecule has 0 N–H and O–H groups in total. The lowest BCUT2D eigenvalue weighted by Gasteiger charge is -2.08. The van der Waals surface area contributed by atoms with E-state index in [1.807, 2.05) is 24.3 Å². The molecular formula is C10H14O2S2. The van der Waals surface area contributed by atoms with Crippen molar-refractivity contribution in [3.8, 4) is 11.5 Å². The molecule has 0 aliphatic heterocycles. The van der Waals surface area contributed by atoms with Crippen LogP contribution in [0.1, 0.15) is 13.8 Å². The van der Waals surface area contributed by atoms with E-state index in [0.717, 1.165) is 29.2 Å². The molecule has 0 aliphatic carbocycles. The lowest BCUT2D eigenvalue weighted by atomic mass is 10.2. The van der Waals surface area contributed by atoms with Gasteiger partial charge in [-0.15, -0.1) is 0 Å². The Morgan fingerprint density at radius 1 is 1.21 bits per heavy atom. The fourth-order valence-electron chi connectivity index (χ4n) is 0.897. The average molecular weight is 230 g/mol. The second-order valence-corrected chi connectivity index (χ2v) is 4.10. The van der Waals surface area contributed by atoms with Crippen molar-refractivity contribution in [2.45, 2.75) is 13.8 Å². The maximum atomic E-state index is 5.52. The first-order chi connectivity index (χ1) is 6.72. The summed E-state index contributed by atoms with van der Waals surface area (Å²) >= 11 is 4.92. The fourth-order valence-corrected chi connectivity index (χ4v) is 1.35. The molecule has 0 atom stereocenters. The average Bonchev–Trinajstić information content (AvgIpc) is 2.17. The van der Waals surface area contributed by atoms with Gasteiger partial charge in [-0.3, -0.25) is 0 Å². The lowest BCUT2D eigenvalue weighted by Crippen LogP contribution is -2.04.